The average Bonchev–Trinajstić information content (AvgIpc) is 2.85. The Hall–Kier alpha value is -0.990. The molecule has 2 bridgehead atoms. The van der Waals surface area contributed by atoms with Gasteiger partial charge < -0.3 is 9.47 Å². The third kappa shape index (κ3) is 2.60. The van der Waals surface area contributed by atoms with E-state index in [0.717, 1.165) is 17.8 Å². The summed E-state index contributed by atoms with van der Waals surface area (Å²) in [6, 6.07) is 9.13. The Kier molecular flexibility index (Phi) is 4.75. The standard InChI is InChI=1S/C20H28N2.ClH/c1-4-11-22-18-8-6-5-7-17(18)19-14-9-10-16(20(19)22)15(12-14)13-21(2)3;/h5-8,14-16H,4,9-13H2,1-3H3;1H. The molecule has 0 radical (unpaired) electrons. The molecule has 126 valence electrons. The van der Waals surface area contributed by atoms with E-state index in [1.807, 2.05) is 0 Å². The maximum atomic E-state index is 2.67. The van der Waals surface area contributed by atoms with Gasteiger partial charge in [0.15, 0.2) is 0 Å². The van der Waals surface area contributed by atoms with Gasteiger partial charge in [-0.05, 0) is 63.2 Å². The van der Waals surface area contributed by atoms with E-state index in [2.05, 4.69) is 54.8 Å². The van der Waals surface area contributed by atoms with E-state index in [0.29, 0.717) is 0 Å². The van der Waals surface area contributed by atoms with Crippen LogP contribution in [0.4, 0.5) is 0 Å². The maximum absolute atomic E-state index is 2.67. The molecule has 0 saturated heterocycles. The number of nitrogens with zero attached hydrogens (tertiary/aromatic N) is 2. The zero-order chi connectivity index (χ0) is 15.3. The molecule has 3 atom stereocenters. The number of fused-ring (bicyclic) bond motifs is 3. The van der Waals surface area contributed by atoms with Crippen molar-refractivity contribution >= 4 is 23.3 Å². The fourth-order valence-corrected chi connectivity index (χ4v) is 5.20. The summed E-state index contributed by atoms with van der Waals surface area (Å²) < 4.78 is 2.67. The molecule has 1 heterocycles. The molecule has 2 nitrogen and oxygen atoms in total. The Morgan fingerprint density at radius 1 is 1.17 bits per heavy atom. The lowest BCUT2D eigenvalue weighted by molar-refractivity contribution is 0.192. The Morgan fingerprint density at radius 3 is 2.70 bits per heavy atom. The number of aryl methyl sites for hydroxylation is 1. The SMILES string of the molecule is CCCn1c2c(c3ccccc31)C1CCC2C(CN(C)C)C1.Cl. The van der Waals surface area contributed by atoms with Gasteiger partial charge in [0.25, 0.3) is 0 Å². The predicted octanol–water partition coefficient (Wildman–Crippen LogP) is 5.02. The lowest BCUT2D eigenvalue weighted by Crippen LogP contribution is -2.36. The Bertz CT molecular complexity index is 688. The molecule has 3 unspecified atom stereocenters. The monoisotopic (exact) mass is 332 g/mol. The number of benzene rings is 1. The molecule has 5 rings (SSSR count). The first-order valence-corrected chi connectivity index (χ1v) is 8.96. The van der Waals surface area contributed by atoms with Gasteiger partial charge >= 0.3 is 0 Å². The number of rotatable bonds is 4. The van der Waals surface area contributed by atoms with Gasteiger partial charge in [-0.2, -0.15) is 0 Å². The molecule has 0 N–H and O–H groups in total. The fourth-order valence-electron chi connectivity index (χ4n) is 5.20. The zero-order valence-electron chi connectivity index (χ0n) is 14.6. The molecule has 3 heteroatoms. The van der Waals surface area contributed by atoms with E-state index in [1.54, 1.807) is 16.6 Å². The lowest BCUT2D eigenvalue weighted by atomic mass is 9.63. The van der Waals surface area contributed by atoms with E-state index in [9.17, 15) is 0 Å². The van der Waals surface area contributed by atoms with Gasteiger partial charge in [-0.15, -0.1) is 12.4 Å². The quantitative estimate of drug-likeness (QED) is 0.763. The van der Waals surface area contributed by atoms with E-state index in [-0.39, 0.29) is 12.4 Å². The number of hydrogen-bond donors (Lipinski definition) is 0. The van der Waals surface area contributed by atoms with Gasteiger partial charge in [0.2, 0.25) is 0 Å². The molecule has 0 aliphatic heterocycles. The van der Waals surface area contributed by atoms with Crippen molar-refractivity contribution in [2.24, 2.45) is 5.92 Å². The third-order valence-electron chi connectivity index (χ3n) is 5.84. The van der Waals surface area contributed by atoms with Gasteiger partial charge in [0.1, 0.15) is 0 Å². The summed E-state index contributed by atoms with van der Waals surface area (Å²) in [6.45, 7) is 4.72. The Balaban J connectivity index is 0.00000156. The topological polar surface area (TPSA) is 8.17 Å². The fraction of sp³-hybridized carbons (Fsp3) is 0.600. The highest BCUT2D eigenvalue weighted by molar-refractivity contribution is 5.87. The van der Waals surface area contributed by atoms with Crippen LogP contribution in [0, 0.1) is 5.92 Å². The van der Waals surface area contributed by atoms with Crippen LogP contribution in [0.2, 0.25) is 0 Å². The van der Waals surface area contributed by atoms with Crippen LogP contribution in [0.5, 0.6) is 0 Å². The van der Waals surface area contributed by atoms with E-state index < -0.39 is 0 Å². The van der Waals surface area contributed by atoms with Crippen molar-refractivity contribution in [2.75, 3.05) is 20.6 Å². The second-order valence-electron chi connectivity index (χ2n) is 7.61. The van der Waals surface area contributed by atoms with Gasteiger partial charge in [0.05, 0.1) is 0 Å². The molecule has 0 amide bonds. The van der Waals surface area contributed by atoms with Crippen molar-refractivity contribution in [3.05, 3.63) is 35.5 Å². The predicted molar refractivity (Wildman–Crippen MR) is 101 cm³/mol. The van der Waals surface area contributed by atoms with Gasteiger partial charge in [-0.3, -0.25) is 0 Å². The van der Waals surface area contributed by atoms with E-state index in [1.165, 1.54) is 44.3 Å². The Labute approximate surface area is 146 Å². The van der Waals surface area contributed by atoms with Crippen molar-refractivity contribution in [3.63, 3.8) is 0 Å². The molecular formula is C20H29ClN2. The highest BCUT2D eigenvalue weighted by Gasteiger charge is 2.43. The first-order chi connectivity index (χ1) is 10.7. The summed E-state index contributed by atoms with van der Waals surface area (Å²) in [7, 11) is 4.45. The minimum atomic E-state index is 0. The smallest absolute Gasteiger partial charge is 0.0485 e. The molecule has 23 heavy (non-hydrogen) atoms. The number of para-hydroxylation sites is 1. The van der Waals surface area contributed by atoms with E-state index in [4.69, 9.17) is 0 Å². The summed E-state index contributed by atoms with van der Waals surface area (Å²) in [6.07, 6.45) is 5.43. The molecule has 1 aromatic carbocycles. The molecular weight excluding hydrogens is 304 g/mol. The van der Waals surface area contributed by atoms with Crippen molar-refractivity contribution in [1.82, 2.24) is 9.47 Å². The number of hydrogen-bond acceptors (Lipinski definition) is 1. The Morgan fingerprint density at radius 2 is 1.96 bits per heavy atom. The van der Waals surface area contributed by atoms with Crippen LogP contribution in [0.15, 0.2) is 24.3 Å². The second-order valence-corrected chi connectivity index (χ2v) is 7.61. The largest absolute Gasteiger partial charge is 0.344 e. The van der Waals surface area contributed by atoms with Crippen LogP contribution < -0.4 is 0 Å². The summed E-state index contributed by atoms with van der Waals surface area (Å²) in [5, 5.41) is 1.55. The summed E-state index contributed by atoms with van der Waals surface area (Å²) in [5.41, 5.74) is 4.91. The maximum Gasteiger partial charge on any atom is 0.0485 e. The molecule has 1 saturated carbocycles. The zero-order valence-corrected chi connectivity index (χ0v) is 15.4. The lowest BCUT2D eigenvalue weighted by Gasteiger charge is -2.44. The first kappa shape index (κ1) is 16.9. The van der Waals surface area contributed by atoms with Crippen LogP contribution in [-0.2, 0) is 6.54 Å². The summed E-state index contributed by atoms with van der Waals surface area (Å²) >= 11 is 0. The van der Waals surface area contributed by atoms with Crippen LogP contribution in [0.1, 0.15) is 55.7 Å². The van der Waals surface area contributed by atoms with Gasteiger partial charge in [-0.1, -0.05) is 25.1 Å². The van der Waals surface area contributed by atoms with Gasteiger partial charge in [0, 0.05) is 35.6 Å². The molecule has 2 aromatic rings. The number of halogens is 1. The molecule has 3 aliphatic rings. The summed E-state index contributed by atoms with van der Waals surface area (Å²) in [4.78, 5) is 2.39. The summed E-state index contributed by atoms with van der Waals surface area (Å²) in [5.74, 6) is 2.43. The molecule has 1 aromatic heterocycles. The minimum Gasteiger partial charge on any atom is -0.344 e. The third-order valence-corrected chi connectivity index (χ3v) is 5.84. The highest BCUT2D eigenvalue weighted by Crippen LogP contribution is 2.55. The van der Waals surface area contributed by atoms with Crippen molar-refractivity contribution < 1.29 is 0 Å². The van der Waals surface area contributed by atoms with Crippen LogP contribution >= 0.6 is 12.4 Å². The average molecular weight is 333 g/mol. The molecule has 1 fully saturated rings. The van der Waals surface area contributed by atoms with Crippen LogP contribution in [0.3, 0.4) is 0 Å². The van der Waals surface area contributed by atoms with Crippen LogP contribution in [-0.4, -0.2) is 30.1 Å². The minimum absolute atomic E-state index is 0. The van der Waals surface area contributed by atoms with Crippen molar-refractivity contribution in [3.8, 4) is 0 Å². The normalized spacial score (nSPS) is 25.7. The molecule has 3 aliphatic carbocycles. The highest BCUT2D eigenvalue weighted by atomic mass is 35.5. The first-order valence-electron chi connectivity index (χ1n) is 8.96. The van der Waals surface area contributed by atoms with Crippen LogP contribution in [0.25, 0.3) is 10.9 Å². The van der Waals surface area contributed by atoms with E-state index >= 15 is 0 Å². The van der Waals surface area contributed by atoms with Crippen molar-refractivity contribution in [2.45, 2.75) is 51.0 Å². The van der Waals surface area contributed by atoms with Gasteiger partial charge in [-0.25, -0.2) is 0 Å². The molecule has 0 spiro atoms. The van der Waals surface area contributed by atoms with Crippen molar-refractivity contribution in [1.29, 1.82) is 0 Å². The number of aromatic nitrogens is 1. The second kappa shape index (κ2) is 6.49.